The van der Waals surface area contributed by atoms with Gasteiger partial charge in [-0.3, -0.25) is 0 Å². The molecule has 1 aromatic carbocycles. The quantitative estimate of drug-likeness (QED) is 0.199. The van der Waals surface area contributed by atoms with E-state index in [4.69, 9.17) is 23.4 Å². The molecule has 0 saturated carbocycles. The predicted octanol–water partition coefficient (Wildman–Crippen LogP) is -2.90. The maximum Gasteiger partial charge on any atom is 0.336 e. The average Bonchev–Trinajstić information content (AvgIpc) is 2.83. The molecular formula is C22H28O13. The summed E-state index contributed by atoms with van der Waals surface area (Å²) >= 11 is 0. The third-order valence-electron chi connectivity index (χ3n) is 6.12. The summed E-state index contributed by atoms with van der Waals surface area (Å²) in [6.45, 7) is 0.602. The van der Waals surface area contributed by atoms with E-state index in [0.717, 1.165) is 0 Å². The van der Waals surface area contributed by atoms with Crippen LogP contribution in [0.15, 0.2) is 33.5 Å². The van der Waals surface area contributed by atoms with E-state index in [1.807, 2.05) is 0 Å². The van der Waals surface area contributed by atoms with Gasteiger partial charge in [0, 0.05) is 17.5 Å². The molecule has 13 nitrogen and oxygen atoms in total. The number of fused-ring (bicyclic) bond motifs is 1. The van der Waals surface area contributed by atoms with E-state index in [1.165, 1.54) is 12.1 Å². The summed E-state index contributed by atoms with van der Waals surface area (Å²) < 4.78 is 27.0. The van der Waals surface area contributed by atoms with Crippen molar-refractivity contribution >= 4 is 11.0 Å². The third kappa shape index (κ3) is 5.20. The van der Waals surface area contributed by atoms with Gasteiger partial charge in [0.2, 0.25) is 6.29 Å². The molecule has 0 unspecified atom stereocenters. The normalized spacial score (nSPS) is 37.9. The summed E-state index contributed by atoms with van der Waals surface area (Å²) in [5.74, 6) is 0.146. The number of aliphatic hydroxyl groups is 7. The molecule has 35 heavy (non-hydrogen) atoms. The Kier molecular flexibility index (Phi) is 7.73. The van der Waals surface area contributed by atoms with Crippen molar-refractivity contribution in [3.8, 4) is 5.75 Å². The maximum atomic E-state index is 11.7. The summed E-state index contributed by atoms with van der Waals surface area (Å²) in [5, 5.41) is 70.7. The molecule has 2 aliphatic rings. The zero-order valence-corrected chi connectivity index (χ0v) is 18.6. The minimum Gasteiger partial charge on any atom is -0.462 e. The topological polar surface area (TPSA) is 209 Å². The van der Waals surface area contributed by atoms with Crippen LogP contribution in [-0.4, -0.2) is 110 Å². The largest absolute Gasteiger partial charge is 0.462 e. The first-order valence-electron chi connectivity index (χ1n) is 10.9. The van der Waals surface area contributed by atoms with Gasteiger partial charge in [0.05, 0.1) is 13.2 Å². The van der Waals surface area contributed by atoms with E-state index >= 15 is 0 Å². The number of hydrogen-bond acceptors (Lipinski definition) is 13. The molecule has 0 spiro atoms. The number of aliphatic hydroxyl groups excluding tert-OH is 7. The lowest BCUT2D eigenvalue weighted by Crippen LogP contribution is -2.62. The molecular weight excluding hydrogens is 472 g/mol. The molecule has 4 rings (SSSR count). The van der Waals surface area contributed by atoms with Crippen molar-refractivity contribution in [3.05, 3.63) is 40.2 Å². The summed E-state index contributed by atoms with van der Waals surface area (Å²) in [5.41, 5.74) is 0.381. The third-order valence-corrected chi connectivity index (χ3v) is 6.12. The molecule has 194 valence electrons. The van der Waals surface area contributed by atoms with E-state index in [9.17, 15) is 40.5 Å². The highest BCUT2D eigenvalue weighted by Crippen LogP contribution is 2.29. The minimum atomic E-state index is -1.70. The second-order valence-corrected chi connectivity index (χ2v) is 8.57. The smallest absolute Gasteiger partial charge is 0.336 e. The van der Waals surface area contributed by atoms with E-state index in [0.29, 0.717) is 10.9 Å². The van der Waals surface area contributed by atoms with Gasteiger partial charge >= 0.3 is 5.63 Å². The fraction of sp³-hybridized carbons (Fsp3) is 0.591. The van der Waals surface area contributed by atoms with E-state index in [1.54, 1.807) is 19.1 Å². The van der Waals surface area contributed by atoms with Crippen molar-refractivity contribution in [1.82, 2.24) is 0 Å². The highest BCUT2D eigenvalue weighted by Gasteiger charge is 2.47. The van der Waals surface area contributed by atoms with Crippen molar-refractivity contribution in [3.63, 3.8) is 0 Å². The van der Waals surface area contributed by atoms with Crippen molar-refractivity contribution in [2.24, 2.45) is 0 Å². The number of aryl methyl sites for hydroxylation is 1. The molecule has 0 amide bonds. The first kappa shape index (κ1) is 25.9. The summed E-state index contributed by atoms with van der Waals surface area (Å²) in [7, 11) is 0. The first-order chi connectivity index (χ1) is 16.6. The second-order valence-electron chi connectivity index (χ2n) is 8.57. The monoisotopic (exact) mass is 500 g/mol. The van der Waals surface area contributed by atoms with Crippen LogP contribution in [0.1, 0.15) is 5.56 Å². The Hall–Kier alpha value is -2.17. The summed E-state index contributed by atoms with van der Waals surface area (Å²) in [4.78, 5) is 11.7. The molecule has 1 aromatic heterocycles. The van der Waals surface area contributed by atoms with Crippen LogP contribution in [0.25, 0.3) is 11.0 Å². The lowest BCUT2D eigenvalue weighted by atomic mass is 9.98. The van der Waals surface area contributed by atoms with E-state index in [-0.39, 0.29) is 11.3 Å². The number of rotatable bonds is 6. The molecule has 0 bridgehead atoms. The van der Waals surface area contributed by atoms with Gasteiger partial charge in [-0.15, -0.1) is 0 Å². The molecule has 2 fully saturated rings. The van der Waals surface area contributed by atoms with Crippen LogP contribution in [0, 0.1) is 6.92 Å². The molecule has 7 N–H and O–H groups in total. The van der Waals surface area contributed by atoms with Crippen LogP contribution in [0.3, 0.4) is 0 Å². The van der Waals surface area contributed by atoms with Gasteiger partial charge in [0.15, 0.2) is 6.29 Å². The fourth-order valence-corrected chi connectivity index (χ4v) is 4.06. The fourth-order valence-electron chi connectivity index (χ4n) is 4.06. The Bertz CT molecular complexity index is 1070. The Morgan fingerprint density at radius 3 is 2.14 bits per heavy atom. The Morgan fingerprint density at radius 1 is 0.829 bits per heavy atom. The number of hydrogen-bond donors (Lipinski definition) is 7. The first-order valence-corrected chi connectivity index (χ1v) is 10.9. The van der Waals surface area contributed by atoms with Gasteiger partial charge in [-0.2, -0.15) is 0 Å². The van der Waals surface area contributed by atoms with E-state index in [2.05, 4.69) is 0 Å². The molecule has 3 heterocycles. The number of benzene rings is 1. The van der Waals surface area contributed by atoms with Crippen LogP contribution in [-0.2, 0) is 14.2 Å². The zero-order valence-electron chi connectivity index (χ0n) is 18.6. The van der Waals surface area contributed by atoms with Crippen LogP contribution in [0.5, 0.6) is 5.75 Å². The van der Waals surface area contributed by atoms with Gasteiger partial charge in [-0.1, -0.05) is 0 Å². The minimum absolute atomic E-state index is 0.146. The van der Waals surface area contributed by atoms with Gasteiger partial charge < -0.3 is 59.1 Å². The van der Waals surface area contributed by atoms with Crippen LogP contribution in [0.4, 0.5) is 0 Å². The lowest BCUT2D eigenvalue weighted by molar-refractivity contribution is -0.323. The van der Waals surface area contributed by atoms with Crippen LogP contribution >= 0.6 is 0 Å². The SMILES string of the molecule is Cc1cc(=O)oc2cc(O[C@@H]3O[C@H](CO[C@H]4O[C@H](CO)[C@@H](O)[C@H](O)[C@@H]4O)[C@@H](O)[C@H](O)[C@@H]3O)ccc12. The van der Waals surface area contributed by atoms with Gasteiger partial charge in [0.25, 0.3) is 0 Å². The summed E-state index contributed by atoms with van der Waals surface area (Å²) in [6.07, 6.45) is -15.3. The van der Waals surface area contributed by atoms with Crippen molar-refractivity contribution in [1.29, 1.82) is 0 Å². The molecule has 0 aliphatic carbocycles. The van der Waals surface area contributed by atoms with Gasteiger partial charge in [0.1, 0.15) is 60.2 Å². The maximum absolute atomic E-state index is 11.7. The van der Waals surface area contributed by atoms with Crippen molar-refractivity contribution < 1.29 is 59.1 Å². The van der Waals surface area contributed by atoms with Gasteiger partial charge in [-0.05, 0) is 24.6 Å². The predicted molar refractivity (Wildman–Crippen MR) is 114 cm³/mol. The second kappa shape index (κ2) is 10.4. The molecule has 13 heteroatoms. The molecule has 2 aromatic rings. The number of ether oxygens (including phenoxy) is 4. The molecule has 2 aliphatic heterocycles. The summed E-state index contributed by atoms with van der Waals surface area (Å²) in [6, 6.07) is 5.94. The Morgan fingerprint density at radius 2 is 1.46 bits per heavy atom. The Balaban J connectivity index is 1.46. The highest BCUT2D eigenvalue weighted by atomic mass is 16.7. The van der Waals surface area contributed by atoms with Crippen LogP contribution in [0.2, 0.25) is 0 Å². The standard InChI is InChI=1S/C22H28O13/c1-8-4-14(24)33-11-5-9(2-3-10(8)11)32-22-20(30)18(28)16(26)13(35-22)7-31-21-19(29)17(27)15(25)12(6-23)34-21/h2-5,12-13,15-23,25-30H,6-7H2,1H3/t12-,13-,15-,16-,17+,18+,19+,20+,21+,22-/m1/s1. The average molecular weight is 500 g/mol. The zero-order chi connectivity index (χ0) is 25.4. The lowest BCUT2D eigenvalue weighted by Gasteiger charge is -2.42. The van der Waals surface area contributed by atoms with Crippen molar-refractivity contribution in [2.45, 2.75) is 68.3 Å². The molecule has 10 atom stereocenters. The molecule has 2 saturated heterocycles. The van der Waals surface area contributed by atoms with Crippen LogP contribution < -0.4 is 10.4 Å². The molecule has 0 radical (unpaired) electrons. The van der Waals surface area contributed by atoms with Gasteiger partial charge in [-0.25, -0.2) is 4.79 Å². The van der Waals surface area contributed by atoms with Crippen molar-refractivity contribution in [2.75, 3.05) is 13.2 Å². The highest BCUT2D eigenvalue weighted by molar-refractivity contribution is 5.81. The Labute approximate surface area is 198 Å². The van der Waals surface area contributed by atoms with E-state index < -0.39 is 80.3 Å².